The first-order chi connectivity index (χ1) is 14.2. The molecule has 30 heavy (non-hydrogen) atoms. The molecule has 0 radical (unpaired) electrons. The fourth-order valence-electron chi connectivity index (χ4n) is 3.74. The number of hydrogen-bond acceptors (Lipinski definition) is 3. The van der Waals surface area contributed by atoms with Crippen molar-refractivity contribution in [1.82, 2.24) is 9.88 Å². The third kappa shape index (κ3) is 6.35. The highest BCUT2D eigenvalue weighted by molar-refractivity contribution is 5.89. The number of rotatable bonds is 10. The van der Waals surface area contributed by atoms with Gasteiger partial charge in [-0.3, -0.25) is 9.59 Å². The highest BCUT2D eigenvalue weighted by Crippen LogP contribution is 2.25. The third-order valence-electron chi connectivity index (χ3n) is 5.64. The standard InChI is InChI=1S/C25H38N2O3/c1-7-9-10-14-27(15-13-25(3,4)5)23(28)17-21-19(8-2)24(29)26-22-16-18(30-6)11-12-20(21)22/h11-12,16H,7-10,13-15,17H2,1-6H3,(H,26,29). The van der Waals surface area contributed by atoms with E-state index in [1.807, 2.05) is 30.0 Å². The molecule has 0 atom stereocenters. The molecule has 0 bridgehead atoms. The van der Waals surface area contributed by atoms with E-state index in [9.17, 15) is 9.59 Å². The van der Waals surface area contributed by atoms with Gasteiger partial charge in [-0.25, -0.2) is 0 Å². The van der Waals surface area contributed by atoms with Gasteiger partial charge in [0.25, 0.3) is 5.56 Å². The van der Waals surface area contributed by atoms with Crippen LogP contribution in [0.4, 0.5) is 0 Å². The molecule has 0 aliphatic carbocycles. The summed E-state index contributed by atoms with van der Waals surface area (Å²) in [5.41, 5.74) is 2.32. The summed E-state index contributed by atoms with van der Waals surface area (Å²) < 4.78 is 5.30. The molecule has 0 spiro atoms. The van der Waals surface area contributed by atoms with Gasteiger partial charge in [0, 0.05) is 30.1 Å². The maximum Gasteiger partial charge on any atom is 0.251 e. The van der Waals surface area contributed by atoms with Crippen molar-refractivity contribution in [2.45, 2.75) is 73.1 Å². The second-order valence-corrected chi connectivity index (χ2v) is 9.25. The molecule has 0 unspecified atom stereocenters. The predicted octanol–water partition coefficient (Wildman–Crippen LogP) is 5.10. The number of pyridine rings is 1. The molecule has 2 aromatic rings. The molecule has 0 aliphatic rings. The molecule has 0 saturated heterocycles. The van der Waals surface area contributed by atoms with Gasteiger partial charge in [0.05, 0.1) is 19.0 Å². The summed E-state index contributed by atoms with van der Waals surface area (Å²) in [6.45, 7) is 12.3. The molecule has 0 aliphatic heterocycles. The van der Waals surface area contributed by atoms with Crippen LogP contribution in [0, 0.1) is 5.41 Å². The lowest BCUT2D eigenvalue weighted by atomic mass is 9.92. The van der Waals surface area contributed by atoms with Gasteiger partial charge in [0.2, 0.25) is 5.91 Å². The fourth-order valence-corrected chi connectivity index (χ4v) is 3.74. The van der Waals surface area contributed by atoms with E-state index in [1.54, 1.807) is 7.11 Å². The Morgan fingerprint density at radius 3 is 2.43 bits per heavy atom. The Kier molecular flexibility index (Phi) is 8.51. The van der Waals surface area contributed by atoms with Crippen LogP contribution >= 0.6 is 0 Å². The number of H-pyrrole nitrogens is 1. The Labute approximate surface area is 180 Å². The van der Waals surface area contributed by atoms with E-state index in [2.05, 4.69) is 32.7 Å². The van der Waals surface area contributed by atoms with Crippen molar-refractivity contribution in [2.75, 3.05) is 20.2 Å². The first-order valence-corrected chi connectivity index (χ1v) is 11.2. The van der Waals surface area contributed by atoms with Crippen LogP contribution in [0.1, 0.15) is 71.4 Å². The summed E-state index contributed by atoms with van der Waals surface area (Å²) in [4.78, 5) is 31.0. The molecule has 1 N–H and O–H groups in total. The summed E-state index contributed by atoms with van der Waals surface area (Å²) in [6, 6.07) is 5.65. The van der Waals surface area contributed by atoms with Gasteiger partial charge >= 0.3 is 0 Å². The van der Waals surface area contributed by atoms with Crippen LogP contribution in [0.2, 0.25) is 0 Å². The van der Waals surface area contributed by atoms with Crippen LogP contribution in [0.5, 0.6) is 5.75 Å². The van der Waals surface area contributed by atoms with Gasteiger partial charge in [0.15, 0.2) is 0 Å². The third-order valence-corrected chi connectivity index (χ3v) is 5.64. The molecule has 5 nitrogen and oxygen atoms in total. The number of carbonyl (C=O) groups excluding carboxylic acids is 1. The Balaban J connectivity index is 2.38. The van der Waals surface area contributed by atoms with Gasteiger partial charge in [-0.05, 0) is 42.4 Å². The van der Waals surface area contributed by atoms with Crippen LogP contribution in [0.3, 0.4) is 0 Å². The first kappa shape index (κ1) is 24.0. The molecule has 0 saturated carbocycles. The number of nitrogens with one attached hydrogen (secondary N) is 1. The van der Waals surface area contributed by atoms with Crippen molar-refractivity contribution in [3.63, 3.8) is 0 Å². The van der Waals surface area contributed by atoms with E-state index in [0.717, 1.165) is 49.7 Å². The number of hydrogen-bond donors (Lipinski definition) is 1. The van der Waals surface area contributed by atoms with Crippen LogP contribution in [-0.4, -0.2) is 36.0 Å². The lowest BCUT2D eigenvalue weighted by Crippen LogP contribution is -2.36. The molecule has 1 heterocycles. The average Bonchev–Trinajstić information content (AvgIpc) is 2.69. The Morgan fingerprint density at radius 1 is 1.10 bits per heavy atom. The monoisotopic (exact) mass is 414 g/mol. The van der Waals surface area contributed by atoms with Crippen molar-refractivity contribution in [2.24, 2.45) is 5.41 Å². The Morgan fingerprint density at radius 2 is 1.83 bits per heavy atom. The molecule has 1 aromatic heterocycles. The van der Waals surface area contributed by atoms with Crippen LogP contribution in [0.25, 0.3) is 10.9 Å². The zero-order chi connectivity index (χ0) is 22.3. The van der Waals surface area contributed by atoms with Gasteiger partial charge in [0.1, 0.15) is 5.75 Å². The fraction of sp³-hybridized carbons (Fsp3) is 0.600. The molecule has 1 aromatic carbocycles. The number of fused-ring (bicyclic) bond motifs is 1. The second-order valence-electron chi connectivity index (χ2n) is 9.25. The number of methoxy groups -OCH3 is 1. The molecule has 166 valence electrons. The van der Waals surface area contributed by atoms with Gasteiger partial charge in [-0.15, -0.1) is 0 Å². The number of amides is 1. The van der Waals surface area contributed by atoms with Crippen LogP contribution < -0.4 is 10.3 Å². The summed E-state index contributed by atoms with van der Waals surface area (Å²) in [5.74, 6) is 0.791. The average molecular weight is 415 g/mol. The zero-order valence-corrected chi connectivity index (χ0v) is 19.6. The van der Waals surface area contributed by atoms with E-state index >= 15 is 0 Å². The predicted molar refractivity (Wildman–Crippen MR) is 124 cm³/mol. The number of benzene rings is 1. The quantitative estimate of drug-likeness (QED) is 0.550. The number of ether oxygens (including phenoxy) is 1. The topological polar surface area (TPSA) is 62.4 Å². The highest BCUT2D eigenvalue weighted by Gasteiger charge is 2.21. The SMILES string of the molecule is CCCCCN(CCC(C)(C)C)C(=O)Cc1c(CC)c(=O)[nH]c2cc(OC)ccc12. The molecular formula is C25H38N2O3. The van der Waals surface area contributed by atoms with Gasteiger partial charge in [-0.1, -0.05) is 47.5 Å². The summed E-state index contributed by atoms with van der Waals surface area (Å²) >= 11 is 0. The smallest absolute Gasteiger partial charge is 0.251 e. The summed E-state index contributed by atoms with van der Waals surface area (Å²) in [7, 11) is 1.60. The van der Waals surface area contributed by atoms with Crippen molar-refractivity contribution >= 4 is 16.8 Å². The normalized spacial score (nSPS) is 11.7. The molecule has 0 fully saturated rings. The maximum absolute atomic E-state index is 13.4. The number of nitrogens with zero attached hydrogens (tertiary/aromatic N) is 1. The van der Waals surface area contributed by atoms with E-state index in [-0.39, 0.29) is 23.3 Å². The zero-order valence-electron chi connectivity index (χ0n) is 19.6. The first-order valence-electron chi connectivity index (χ1n) is 11.2. The molecular weight excluding hydrogens is 376 g/mol. The molecule has 5 heteroatoms. The lowest BCUT2D eigenvalue weighted by Gasteiger charge is -2.27. The number of aromatic nitrogens is 1. The second kappa shape index (κ2) is 10.6. The van der Waals surface area contributed by atoms with Gasteiger partial charge < -0.3 is 14.6 Å². The Bertz CT molecular complexity index is 909. The summed E-state index contributed by atoms with van der Waals surface area (Å²) in [5, 5.41) is 0.921. The van der Waals surface area contributed by atoms with Crippen molar-refractivity contribution in [3.8, 4) is 5.75 Å². The highest BCUT2D eigenvalue weighted by atomic mass is 16.5. The number of unbranched alkanes of at least 4 members (excludes halogenated alkanes) is 2. The maximum atomic E-state index is 13.4. The molecule has 2 rings (SSSR count). The van der Waals surface area contributed by atoms with E-state index in [4.69, 9.17) is 4.74 Å². The number of aromatic amines is 1. The molecule has 1 amide bonds. The minimum atomic E-state index is -0.117. The van der Waals surface area contributed by atoms with Crippen molar-refractivity contribution in [3.05, 3.63) is 39.7 Å². The largest absolute Gasteiger partial charge is 0.497 e. The van der Waals surface area contributed by atoms with Crippen molar-refractivity contribution in [1.29, 1.82) is 0 Å². The lowest BCUT2D eigenvalue weighted by molar-refractivity contribution is -0.130. The van der Waals surface area contributed by atoms with Crippen molar-refractivity contribution < 1.29 is 9.53 Å². The minimum Gasteiger partial charge on any atom is -0.497 e. The number of carbonyl (C=O) groups is 1. The van der Waals surface area contributed by atoms with E-state index in [0.29, 0.717) is 23.3 Å². The Hall–Kier alpha value is -2.30. The van der Waals surface area contributed by atoms with E-state index < -0.39 is 0 Å². The van der Waals surface area contributed by atoms with E-state index in [1.165, 1.54) is 0 Å². The summed E-state index contributed by atoms with van der Waals surface area (Å²) in [6.07, 6.45) is 5.07. The van der Waals surface area contributed by atoms with Gasteiger partial charge in [-0.2, -0.15) is 0 Å². The van der Waals surface area contributed by atoms with Crippen LogP contribution in [0.15, 0.2) is 23.0 Å². The minimum absolute atomic E-state index is 0.104. The van der Waals surface area contributed by atoms with Crippen LogP contribution in [-0.2, 0) is 17.6 Å².